The number of aromatic nitrogens is 1. The zero-order valence-corrected chi connectivity index (χ0v) is 17.6. The maximum absolute atomic E-state index is 11.8. The van der Waals surface area contributed by atoms with E-state index in [1.54, 1.807) is 32.2 Å². The standard InChI is InChI=1S/C21H20ClN3O3S/c1-3-27-20(26)19-14(2)24-21(29-19)25-23-12-16-9-10-18(17(22)11-16)28-13-15-7-5-4-6-8-15/h4-12H,3,13H2,1-2H3,(H,24,25)/b23-12-. The van der Waals surface area contributed by atoms with Crippen molar-refractivity contribution in [3.8, 4) is 5.75 Å². The number of esters is 1. The van der Waals surface area contributed by atoms with Crippen molar-refractivity contribution in [3.05, 3.63) is 75.3 Å². The van der Waals surface area contributed by atoms with Crippen molar-refractivity contribution in [1.82, 2.24) is 4.98 Å². The first-order valence-electron chi connectivity index (χ1n) is 8.96. The molecular weight excluding hydrogens is 410 g/mol. The summed E-state index contributed by atoms with van der Waals surface area (Å²) in [6.45, 7) is 4.29. The Morgan fingerprint density at radius 1 is 1.28 bits per heavy atom. The number of hydrogen-bond acceptors (Lipinski definition) is 7. The number of thiazole rings is 1. The number of anilines is 1. The largest absolute Gasteiger partial charge is 0.487 e. The fraction of sp³-hybridized carbons (Fsp3) is 0.190. The van der Waals surface area contributed by atoms with Gasteiger partial charge in [0, 0.05) is 0 Å². The molecule has 0 unspecified atom stereocenters. The summed E-state index contributed by atoms with van der Waals surface area (Å²) in [5.74, 6) is 0.229. The predicted molar refractivity (Wildman–Crippen MR) is 116 cm³/mol. The predicted octanol–water partition coefficient (Wildman–Crippen LogP) is 5.31. The van der Waals surface area contributed by atoms with Crippen molar-refractivity contribution in [3.63, 3.8) is 0 Å². The lowest BCUT2D eigenvalue weighted by Crippen LogP contribution is -2.03. The van der Waals surface area contributed by atoms with E-state index in [1.807, 2.05) is 36.4 Å². The van der Waals surface area contributed by atoms with Gasteiger partial charge in [-0.1, -0.05) is 53.3 Å². The number of nitrogens with one attached hydrogen (secondary N) is 1. The van der Waals surface area contributed by atoms with Gasteiger partial charge in [0.05, 0.1) is 23.5 Å². The van der Waals surface area contributed by atoms with Gasteiger partial charge in [-0.15, -0.1) is 0 Å². The molecule has 0 aliphatic rings. The van der Waals surface area contributed by atoms with Crippen LogP contribution in [0.1, 0.15) is 33.4 Å². The number of aryl methyl sites for hydroxylation is 1. The van der Waals surface area contributed by atoms with Gasteiger partial charge in [-0.3, -0.25) is 5.43 Å². The van der Waals surface area contributed by atoms with Gasteiger partial charge >= 0.3 is 5.97 Å². The van der Waals surface area contributed by atoms with Gasteiger partial charge in [0.2, 0.25) is 5.13 Å². The molecule has 0 spiro atoms. The van der Waals surface area contributed by atoms with Gasteiger partial charge in [0.1, 0.15) is 17.2 Å². The number of ether oxygens (including phenoxy) is 2. The molecule has 0 aliphatic carbocycles. The second-order valence-corrected chi connectivity index (χ2v) is 7.39. The second kappa shape index (κ2) is 10.0. The number of carbonyl (C=O) groups is 1. The van der Waals surface area contributed by atoms with Crippen molar-refractivity contribution in [2.45, 2.75) is 20.5 Å². The Balaban J connectivity index is 1.59. The van der Waals surface area contributed by atoms with Crippen LogP contribution in [0.4, 0.5) is 5.13 Å². The van der Waals surface area contributed by atoms with Crippen LogP contribution in [0.2, 0.25) is 5.02 Å². The number of benzene rings is 2. The molecule has 1 N–H and O–H groups in total. The maximum atomic E-state index is 11.8. The Labute approximate surface area is 178 Å². The fourth-order valence-corrected chi connectivity index (χ4v) is 3.50. The Hall–Kier alpha value is -2.90. The number of carbonyl (C=O) groups excluding carboxylic acids is 1. The zero-order chi connectivity index (χ0) is 20.6. The maximum Gasteiger partial charge on any atom is 0.350 e. The fourth-order valence-electron chi connectivity index (χ4n) is 2.44. The highest BCUT2D eigenvalue weighted by atomic mass is 35.5. The molecule has 1 aromatic heterocycles. The number of hydrazone groups is 1. The van der Waals surface area contributed by atoms with Crippen molar-refractivity contribution in [1.29, 1.82) is 0 Å². The van der Waals surface area contributed by atoms with Gasteiger partial charge in [-0.05, 0) is 43.2 Å². The summed E-state index contributed by atoms with van der Waals surface area (Å²) in [5.41, 5.74) is 5.30. The quantitative estimate of drug-likeness (QED) is 0.298. The van der Waals surface area contributed by atoms with Crippen LogP contribution in [0.25, 0.3) is 0 Å². The Morgan fingerprint density at radius 2 is 2.07 bits per heavy atom. The minimum Gasteiger partial charge on any atom is -0.487 e. The molecule has 0 bridgehead atoms. The molecule has 2 aromatic carbocycles. The van der Waals surface area contributed by atoms with Crippen molar-refractivity contribution >= 4 is 40.3 Å². The van der Waals surface area contributed by atoms with Crippen LogP contribution in [0.15, 0.2) is 53.6 Å². The molecule has 0 atom stereocenters. The lowest BCUT2D eigenvalue weighted by Gasteiger charge is -2.08. The molecule has 0 amide bonds. The molecule has 0 fully saturated rings. The highest BCUT2D eigenvalue weighted by molar-refractivity contribution is 7.17. The van der Waals surface area contributed by atoms with Gasteiger partial charge in [0.15, 0.2) is 0 Å². The summed E-state index contributed by atoms with van der Waals surface area (Å²) in [7, 11) is 0. The molecule has 150 valence electrons. The lowest BCUT2D eigenvalue weighted by atomic mass is 10.2. The Bertz CT molecular complexity index is 1010. The molecule has 0 radical (unpaired) electrons. The third-order valence-corrected chi connectivity index (χ3v) is 5.16. The van der Waals surface area contributed by atoms with E-state index in [9.17, 15) is 4.79 Å². The first-order chi connectivity index (χ1) is 14.1. The zero-order valence-electron chi connectivity index (χ0n) is 16.0. The third kappa shape index (κ3) is 5.79. The summed E-state index contributed by atoms with van der Waals surface area (Å²) >= 11 is 7.51. The number of hydrogen-bond donors (Lipinski definition) is 1. The van der Waals surface area contributed by atoms with Crippen LogP contribution in [0.5, 0.6) is 5.75 Å². The van der Waals surface area contributed by atoms with Crippen LogP contribution in [0.3, 0.4) is 0 Å². The van der Waals surface area contributed by atoms with Crippen LogP contribution in [0, 0.1) is 6.92 Å². The number of halogens is 1. The van der Waals surface area contributed by atoms with Gasteiger partial charge in [0.25, 0.3) is 0 Å². The van der Waals surface area contributed by atoms with Gasteiger partial charge in [-0.2, -0.15) is 5.10 Å². The van der Waals surface area contributed by atoms with E-state index in [2.05, 4.69) is 15.5 Å². The Morgan fingerprint density at radius 3 is 2.79 bits per heavy atom. The molecule has 6 nitrogen and oxygen atoms in total. The molecule has 0 saturated carbocycles. The van der Waals surface area contributed by atoms with E-state index in [-0.39, 0.29) is 5.97 Å². The number of nitrogens with zero attached hydrogens (tertiary/aromatic N) is 2. The molecule has 8 heteroatoms. The molecule has 1 heterocycles. The summed E-state index contributed by atoms with van der Waals surface area (Å²) < 4.78 is 10.8. The smallest absolute Gasteiger partial charge is 0.350 e. The van der Waals surface area contributed by atoms with Crippen molar-refractivity contribution < 1.29 is 14.3 Å². The SMILES string of the molecule is CCOC(=O)c1sc(N/N=C\c2ccc(OCc3ccccc3)c(Cl)c2)nc1C. The molecule has 3 rings (SSSR count). The van der Waals surface area contributed by atoms with E-state index in [4.69, 9.17) is 21.1 Å². The lowest BCUT2D eigenvalue weighted by molar-refractivity contribution is 0.0531. The summed E-state index contributed by atoms with van der Waals surface area (Å²) in [4.78, 5) is 16.6. The van der Waals surface area contributed by atoms with E-state index < -0.39 is 0 Å². The third-order valence-electron chi connectivity index (χ3n) is 3.82. The van der Waals surface area contributed by atoms with Crippen LogP contribution >= 0.6 is 22.9 Å². The average molecular weight is 430 g/mol. The topological polar surface area (TPSA) is 72.8 Å². The summed E-state index contributed by atoms with van der Waals surface area (Å²) in [6, 6.07) is 15.3. The first kappa shape index (κ1) is 20.8. The summed E-state index contributed by atoms with van der Waals surface area (Å²) in [5, 5.41) is 5.17. The highest BCUT2D eigenvalue weighted by Crippen LogP contribution is 2.26. The monoisotopic (exact) mass is 429 g/mol. The average Bonchev–Trinajstić information content (AvgIpc) is 3.09. The minimum absolute atomic E-state index is 0.322. The Kier molecular flexibility index (Phi) is 7.21. The van der Waals surface area contributed by atoms with Crippen LogP contribution < -0.4 is 10.2 Å². The van der Waals surface area contributed by atoms with E-state index in [0.717, 1.165) is 11.1 Å². The first-order valence-corrected chi connectivity index (χ1v) is 10.2. The van der Waals surface area contributed by atoms with Crippen LogP contribution in [-0.4, -0.2) is 23.8 Å². The normalized spacial score (nSPS) is 10.9. The molecule has 0 aliphatic heterocycles. The second-order valence-electron chi connectivity index (χ2n) is 5.99. The summed E-state index contributed by atoms with van der Waals surface area (Å²) in [6.07, 6.45) is 1.62. The molecule has 3 aromatic rings. The van der Waals surface area contributed by atoms with Gasteiger partial charge < -0.3 is 9.47 Å². The molecule has 0 saturated heterocycles. The molecule has 29 heavy (non-hydrogen) atoms. The van der Waals surface area contributed by atoms with Crippen LogP contribution in [-0.2, 0) is 11.3 Å². The minimum atomic E-state index is -0.377. The number of rotatable bonds is 8. The van der Waals surface area contributed by atoms with Crippen molar-refractivity contribution in [2.24, 2.45) is 5.10 Å². The van der Waals surface area contributed by atoms with E-state index >= 15 is 0 Å². The highest BCUT2D eigenvalue weighted by Gasteiger charge is 2.15. The molecular formula is C21H20ClN3O3S. The van der Waals surface area contributed by atoms with Crippen molar-refractivity contribution in [2.75, 3.05) is 12.0 Å². The van der Waals surface area contributed by atoms with E-state index in [0.29, 0.717) is 39.7 Å². The van der Waals surface area contributed by atoms with E-state index in [1.165, 1.54) is 11.3 Å². The van der Waals surface area contributed by atoms with Gasteiger partial charge in [-0.25, -0.2) is 9.78 Å².